The highest BCUT2D eigenvalue weighted by atomic mass is 32.2. The fourth-order valence-electron chi connectivity index (χ4n) is 6.94. The molecule has 0 saturated carbocycles. The Balaban J connectivity index is 0.000000170. The number of carbonyl (C=O) groups is 1. The van der Waals surface area contributed by atoms with Gasteiger partial charge in [-0.3, -0.25) is 33.1 Å². The summed E-state index contributed by atoms with van der Waals surface area (Å²) in [5, 5.41) is 27.4. The van der Waals surface area contributed by atoms with Crippen LogP contribution >= 0.6 is 0 Å². The van der Waals surface area contributed by atoms with E-state index in [-0.39, 0.29) is 39.0 Å². The van der Waals surface area contributed by atoms with Crippen LogP contribution in [0.25, 0.3) is 11.5 Å². The smallest absolute Gasteiger partial charge is 0.271 e. The maximum absolute atomic E-state index is 12.1. The van der Waals surface area contributed by atoms with E-state index in [1.165, 1.54) is 5.69 Å². The van der Waals surface area contributed by atoms with Crippen molar-refractivity contribution >= 4 is 21.7 Å². The van der Waals surface area contributed by atoms with Crippen molar-refractivity contribution in [2.24, 2.45) is 7.05 Å². The van der Waals surface area contributed by atoms with Crippen LogP contribution in [0.3, 0.4) is 0 Å². The molecule has 0 radical (unpaired) electrons. The second kappa shape index (κ2) is 22.7. The average molecular weight is 956 g/mol. The summed E-state index contributed by atoms with van der Waals surface area (Å²) in [6, 6.07) is 16.1. The number of aromatic nitrogens is 10. The van der Waals surface area contributed by atoms with Crippen molar-refractivity contribution in [3.8, 4) is 11.5 Å². The summed E-state index contributed by atoms with van der Waals surface area (Å²) in [6.07, 6.45) is 13.4. The molecule has 372 valence electrons. The molecule has 2 fully saturated rings. The quantitative estimate of drug-likeness (QED) is 0.128. The van der Waals surface area contributed by atoms with Gasteiger partial charge in [-0.15, -0.1) is 0 Å². The molecular formula is C49H77N15O3S. The molecule has 2 saturated heterocycles. The molecule has 0 unspecified atom stereocenters. The first-order chi connectivity index (χ1) is 31.8. The van der Waals surface area contributed by atoms with E-state index in [4.69, 9.17) is 0 Å². The summed E-state index contributed by atoms with van der Waals surface area (Å²) in [7, 11) is -1.60. The van der Waals surface area contributed by atoms with Gasteiger partial charge in [-0.05, 0) is 139 Å². The Morgan fingerprint density at radius 1 is 0.647 bits per heavy atom. The molecular weight excluding hydrogens is 879 g/mol. The third kappa shape index (κ3) is 16.0. The standard InChI is InChI=1S/C13H22N4O.C13H17N3O2S.C12H22N4.C11H16N4/c1-13(2,3)17-9-6-11(16-17)12(18)15-10-4-7-14-8-5-10;1-13(2,3)16-10-9-12(14-16)15-19(17,18)11-7-5-4-6-8-11;1-12(2,3)16-7-4-11(14-16)10-15-8-5-13-6-9-15;1-11(2,3)15-7-5-9(13-15)10-12-6-8-14(10)4/h6,9-10,14H,4-5,7-8H2,1-3H3,(H,15,18);4-10H,1-3H3,(H,14,15);4,7,13H,5-6,8-10H2,1-3H3;5-8H,1-4H3. The second-order valence-electron chi connectivity index (χ2n) is 21.2. The highest BCUT2D eigenvalue weighted by Crippen LogP contribution is 2.20. The number of piperazine rings is 1. The number of rotatable bonds is 8. The maximum atomic E-state index is 12.1. The van der Waals surface area contributed by atoms with E-state index in [9.17, 15) is 13.2 Å². The number of carbonyl (C=O) groups excluding carboxylic acids is 1. The van der Waals surface area contributed by atoms with Crippen molar-refractivity contribution in [3.05, 3.63) is 103 Å². The summed E-state index contributed by atoms with van der Waals surface area (Å²) >= 11 is 0. The summed E-state index contributed by atoms with van der Waals surface area (Å²) < 4.78 is 36.2. The van der Waals surface area contributed by atoms with E-state index in [1.54, 1.807) is 59.5 Å². The van der Waals surface area contributed by atoms with E-state index in [0.717, 1.165) is 70.2 Å². The summed E-state index contributed by atoms with van der Waals surface area (Å²) in [6.45, 7) is 32.5. The number of piperidine rings is 1. The van der Waals surface area contributed by atoms with Gasteiger partial charge in [-0.2, -0.15) is 20.4 Å². The lowest BCUT2D eigenvalue weighted by molar-refractivity contribution is 0.0922. The van der Waals surface area contributed by atoms with Crippen LogP contribution in [0.15, 0.2) is 96.7 Å². The van der Waals surface area contributed by atoms with Crippen molar-refractivity contribution in [3.63, 3.8) is 0 Å². The van der Waals surface area contributed by atoms with E-state index >= 15 is 0 Å². The molecule has 1 aromatic carbocycles. The Kier molecular flexibility index (Phi) is 17.8. The number of hydrogen-bond acceptors (Lipinski definition) is 11. The molecule has 4 N–H and O–H groups in total. The molecule has 0 spiro atoms. The molecule has 8 rings (SSSR count). The first-order valence-electron chi connectivity index (χ1n) is 23.5. The van der Waals surface area contributed by atoms with Crippen molar-refractivity contribution < 1.29 is 13.2 Å². The van der Waals surface area contributed by atoms with Crippen LogP contribution in [0, 0.1) is 0 Å². The molecule has 2 aliphatic heterocycles. The minimum atomic E-state index is -3.57. The first kappa shape index (κ1) is 53.3. The molecule has 19 heteroatoms. The largest absolute Gasteiger partial charge is 0.348 e. The highest BCUT2D eigenvalue weighted by molar-refractivity contribution is 7.92. The zero-order chi connectivity index (χ0) is 49.9. The van der Waals surface area contributed by atoms with Crippen LogP contribution < -0.4 is 20.7 Å². The van der Waals surface area contributed by atoms with Gasteiger partial charge in [-0.25, -0.2) is 13.4 Å². The zero-order valence-corrected chi connectivity index (χ0v) is 43.5. The van der Waals surface area contributed by atoms with Gasteiger partial charge in [0.2, 0.25) is 0 Å². The van der Waals surface area contributed by atoms with Gasteiger partial charge in [0.05, 0.1) is 32.7 Å². The molecule has 68 heavy (non-hydrogen) atoms. The SMILES string of the molecule is CC(C)(C)n1ccc(C(=O)NC2CCNCC2)n1.CC(C)(C)n1ccc(CN2CCNCC2)n1.CC(C)(C)n1ccc(NS(=O)(=O)c2ccccc2)n1.Cn1ccnc1-c1ccn(C(C)(C)C)n1. The van der Waals surface area contributed by atoms with Gasteiger partial charge in [0.1, 0.15) is 11.4 Å². The number of nitrogens with one attached hydrogen (secondary N) is 4. The van der Waals surface area contributed by atoms with E-state index < -0.39 is 10.0 Å². The van der Waals surface area contributed by atoms with Gasteiger partial charge in [-0.1, -0.05) is 18.2 Å². The van der Waals surface area contributed by atoms with Crippen LogP contribution in [0.1, 0.15) is 112 Å². The Morgan fingerprint density at radius 2 is 1.18 bits per heavy atom. The van der Waals surface area contributed by atoms with Gasteiger partial charge >= 0.3 is 0 Å². The number of sulfonamides is 1. The minimum absolute atomic E-state index is 0.0173. The number of aryl methyl sites for hydroxylation is 1. The predicted molar refractivity (Wildman–Crippen MR) is 270 cm³/mol. The molecule has 0 atom stereocenters. The normalized spacial score (nSPS) is 15.2. The Hall–Kier alpha value is -5.63. The van der Waals surface area contributed by atoms with Crippen LogP contribution in [-0.2, 0) is 45.8 Å². The van der Waals surface area contributed by atoms with Crippen molar-refractivity contribution in [2.75, 3.05) is 44.0 Å². The Labute approximate surface area is 404 Å². The third-order valence-electron chi connectivity index (χ3n) is 11.0. The Morgan fingerprint density at radius 3 is 1.71 bits per heavy atom. The molecule has 5 aromatic heterocycles. The summed E-state index contributed by atoms with van der Waals surface area (Å²) in [5.74, 6) is 1.15. The van der Waals surface area contributed by atoms with E-state index in [1.807, 2.05) is 71.1 Å². The predicted octanol–water partition coefficient (Wildman–Crippen LogP) is 6.64. The number of hydrogen-bond donors (Lipinski definition) is 4. The Bertz CT molecular complexity index is 2560. The van der Waals surface area contributed by atoms with Crippen LogP contribution in [-0.4, -0.2) is 113 Å². The number of nitrogens with zero attached hydrogens (tertiary/aromatic N) is 11. The van der Waals surface area contributed by atoms with E-state index in [2.05, 4.69) is 126 Å². The van der Waals surface area contributed by atoms with Crippen molar-refractivity contribution in [1.82, 2.24) is 69.5 Å². The van der Waals surface area contributed by atoms with Crippen LogP contribution in [0.2, 0.25) is 0 Å². The summed E-state index contributed by atoms with van der Waals surface area (Å²) in [5.41, 5.74) is 2.42. The topological polar surface area (TPSA) is 192 Å². The van der Waals surface area contributed by atoms with Gasteiger partial charge in [0.15, 0.2) is 11.6 Å². The number of amides is 1. The molecule has 18 nitrogen and oxygen atoms in total. The molecule has 0 bridgehead atoms. The molecule has 2 aliphatic rings. The molecule has 0 aliphatic carbocycles. The van der Waals surface area contributed by atoms with Crippen LogP contribution in [0.5, 0.6) is 0 Å². The van der Waals surface area contributed by atoms with Gasteiger partial charge < -0.3 is 20.5 Å². The molecule has 7 heterocycles. The highest BCUT2D eigenvalue weighted by Gasteiger charge is 2.22. The van der Waals surface area contributed by atoms with Crippen molar-refractivity contribution in [1.29, 1.82) is 0 Å². The average Bonchev–Trinajstić information content (AvgIpc) is 4.12. The number of benzene rings is 1. The molecule has 6 aromatic rings. The molecule has 1 amide bonds. The monoisotopic (exact) mass is 956 g/mol. The maximum Gasteiger partial charge on any atom is 0.271 e. The van der Waals surface area contributed by atoms with Crippen molar-refractivity contribution in [2.45, 2.75) is 136 Å². The van der Waals surface area contributed by atoms with Gasteiger partial charge in [0.25, 0.3) is 15.9 Å². The van der Waals surface area contributed by atoms with E-state index in [0.29, 0.717) is 11.5 Å². The van der Waals surface area contributed by atoms with Gasteiger partial charge in [0, 0.05) is 89.1 Å². The fourth-order valence-corrected chi connectivity index (χ4v) is 7.96. The number of imidazole rings is 1. The zero-order valence-electron chi connectivity index (χ0n) is 42.7. The number of anilines is 1. The second-order valence-corrected chi connectivity index (χ2v) is 22.9. The lowest BCUT2D eigenvalue weighted by Gasteiger charge is -2.26. The summed E-state index contributed by atoms with van der Waals surface area (Å²) in [4.78, 5) is 19.0. The third-order valence-corrected chi connectivity index (χ3v) is 12.4. The van der Waals surface area contributed by atoms with Crippen LogP contribution in [0.4, 0.5) is 5.82 Å². The lowest BCUT2D eigenvalue weighted by Crippen LogP contribution is -2.43. The lowest BCUT2D eigenvalue weighted by atomic mass is 10.1. The fraction of sp³-hybridized carbons (Fsp3) is 0.551. The minimum Gasteiger partial charge on any atom is -0.348 e. The first-order valence-corrected chi connectivity index (χ1v) is 25.0.